The van der Waals surface area contributed by atoms with Crippen LogP contribution in [0.2, 0.25) is 0 Å². The highest BCUT2D eigenvalue weighted by Crippen LogP contribution is 2.08. The number of carbonyl (C=O) groups is 1. The molecule has 0 saturated heterocycles. The smallest absolute Gasteiger partial charge is 0.267 e. The van der Waals surface area contributed by atoms with Gasteiger partial charge >= 0.3 is 0 Å². The summed E-state index contributed by atoms with van der Waals surface area (Å²) in [5, 5.41) is 0. The van der Waals surface area contributed by atoms with Crippen LogP contribution < -0.4 is 10.5 Å². The Morgan fingerprint density at radius 3 is 2.72 bits per heavy atom. The summed E-state index contributed by atoms with van der Waals surface area (Å²) >= 11 is 0. The lowest BCUT2D eigenvalue weighted by Gasteiger charge is -2.05. The largest absolute Gasteiger partial charge is 0.493 e. The molecule has 0 aliphatic carbocycles. The van der Waals surface area contributed by atoms with Crippen molar-refractivity contribution in [3.63, 3.8) is 0 Å². The fourth-order valence-electron chi connectivity index (χ4n) is 1.43. The van der Waals surface area contributed by atoms with Crippen molar-refractivity contribution in [1.82, 2.24) is 9.97 Å². The molecule has 0 atom stereocenters. The molecule has 2 rings (SSSR count). The Morgan fingerprint density at radius 1 is 1.22 bits per heavy atom. The number of nitrogens with two attached hydrogens (primary N) is 1. The van der Waals surface area contributed by atoms with Gasteiger partial charge in [0.15, 0.2) is 0 Å². The average Bonchev–Trinajstić information content (AvgIpc) is 2.40. The Kier molecular flexibility index (Phi) is 3.86. The van der Waals surface area contributed by atoms with Gasteiger partial charge in [-0.1, -0.05) is 18.2 Å². The summed E-state index contributed by atoms with van der Waals surface area (Å²) in [4.78, 5) is 19.0. The summed E-state index contributed by atoms with van der Waals surface area (Å²) < 4.78 is 5.51. The molecule has 1 aromatic carbocycles. The van der Waals surface area contributed by atoms with Crippen molar-refractivity contribution in [3.05, 3.63) is 54.1 Å². The van der Waals surface area contributed by atoms with Gasteiger partial charge in [-0.3, -0.25) is 4.79 Å². The van der Waals surface area contributed by atoms with E-state index in [9.17, 15) is 4.79 Å². The van der Waals surface area contributed by atoms with Gasteiger partial charge in [-0.05, 0) is 18.2 Å². The Bertz CT molecular complexity index is 529. The number of rotatable bonds is 5. The molecule has 0 spiro atoms. The topological polar surface area (TPSA) is 78.1 Å². The number of para-hydroxylation sites is 1. The first-order chi connectivity index (χ1) is 8.75. The van der Waals surface area contributed by atoms with E-state index in [2.05, 4.69) is 9.97 Å². The summed E-state index contributed by atoms with van der Waals surface area (Å²) in [7, 11) is 0. The molecule has 0 radical (unpaired) electrons. The summed E-state index contributed by atoms with van der Waals surface area (Å²) in [6.45, 7) is 0.451. The molecular formula is C13H13N3O2. The third-order valence-corrected chi connectivity index (χ3v) is 2.30. The molecule has 1 heterocycles. The zero-order valence-corrected chi connectivity index (χ0v) is 9.74. The second-order valence-corrected chi connectivity index (χ2v) is 3.63. The van der Waals surface area contributed by atoms with E-state index in [0.29, 0.717) is 18.9 Å². The van der Waals surface area contributed by atoms with Crippen LogP contribution in [0.3, 0.4) is 0 Å². The van der Waals surface area contributed by atoms with Gasteiger partial charge in [0.2, 0.25) is 0 Å². The third-order valence-electron chi connectivity index (χ3n) is 2.30. The van der Waals surface area contributed by atoms with Crippen LogP contribution in [0.4, 0.5) is 0 Å². The molecule has 5 heteroatoms. The summed E-state index contributed by atoms with van der Waals surface area (Å²) in [5.41, 5.74) is 5.36. The first-order valence-corrected chi connectivity index (χ1v) is 5.55. The molecule has 0 unspecified atom stereocenters. The SMILES string of the molecule is NC(=O)c1ccnc(CCOc2ccccc2)n1. The van der Waals surface area contributed by atoms with Crippen molar-refractivity contribution < 1.29 is 9.53 Å². The van der Waals surface area contributed by atoms with Gasteiger partial charge in [0.05, 0.1) is 6.61 Å². The number of benzene rings is 1. The maximum Gasteiger partial charge on any atom is 0.267 e. The van der Waals surface area contributed by atoms with Gasteiger partial charge in [-0.2, -0.15) is 0 Å². The third kappa shape index (κ3) is 3.28. The summed E-state index contributed by atoms with van der Waals surface area (Å²) in [5.74, 6) is 0.786. The van der Waals surface area contributed by atoms with Crippen LogP contribution in [-0.2, 0) is 6.42 Å². The lowest BCUT2D eigenvalue weighted by atomic mass is 10.3. The predicted molar refractivity (Wildman–Crippen MR) is 66.2 cm³/mol. The Labute approximate surface area is 105 Å². The molecule has 0 bridgehead atoms. The fourth-order valence-corrected chi connectivity index (χ4v) is 1.43. The maximum absolute atomic E-state index is 10.9. The van der Waals surface area contributed by atoms with Crippen LogP contribution in [0, 0.1) is 0 Å². The van der Waals surface area contributed by atoms with Crippen molar-refractivity contribution in [2.45, 2.75) is 6.42 Å². The number of hydrogen-bond acceptors (Lipinski definition) is 4. The van der Waals surface area contributed by atoms with Gasteiger partial charge in [-0.25, -0.2) is 9.97 Å². The molecule has 92 valence electrons. The number of aromatic nitrogens is 2. The van der Waals surface area contributed by atoms with Crippen LogP contribution >= 0.6 is 0 Å². The number of ether oxygens (including phenoxy) is 1. The van der Waals surface area contributed by atoms with Crippen LogP contribution in [0.15, 0.2) is 42.6 Å². The molecule has 1 aromatic heterocycles. The molecule has 5 nitrogen and oxygen atoms in total. The molecule has 2 aromatic rings. The van der Waals surface area contributed by atoms with Crippen molar-refractivity contribution in [3.8, 4) is 5.75 Å². The van der Waals surface area contributed by atoms with Crippen molar-refractivity contribution in [2.75, 3.05) is 6.61 Å². The molecule has 0 aliphatic rings. The fraction of sp³-hybridized carbons (Fsp3) is 0.154. The number of hydrogen-bond donors (Lipinski definition) is 1. The van der Waals surface area contributed by atoms with Gasteiger partial charge in [0.1, 0.15) is 17.3 Å². The number of primary amides is 1. The van der Waals surface area contributed by atoms with E-state index in [1.165, 1.54) is 12.3 Å². The van der Waals surface area contributed by atoms with Gasteiger partial charge in [0.25, 0.3) is 5.91 Å². The maximum atomic E-state index is 10.9. The van der Waals surface area contributed by atoms with E-state index in [1.807, 2.05) is 30.3 Å². The highest BCUT2D eigenvalue weighted by molar-refractivity contribution is 5.90. The van der Waals surface area contributed by atoms with Crippen LogP contribution in [-0.4, -0.2) is 22.5 Å². The van der Waals surface area contributed by atoms with Gasteiger partial charge in [0, 0.05) is 12.6 Å². The molecule has 0 saturated carbocycles. The first kappa shape index (κ1) is 12.0. The number of nitrogens with zero attached hydrogens (tertiary/aromatic N) is 2. The summed E-state index contributed by atoms with van der Waals surface area (Å²) in [6, 6.07) is 11.0. The Balaban J connectivity index is 1.90. The van der Waals surface area contributed by atoms with Crippen LogP contribution in [0.5, 0.6) is 5.75 Å². The zero-order chi connectivity index (χ0) is 12.8. The molecule has 0 aliphatic heterocycles. The average molecular weight is 243 g/mol. The van der Waals surface area contributed by atoms with E-state index in [4.69, 9.17) is 10.5 Å². The van der Waals surface area contributed by atoms with E-state index < -0.39 is 5.91 Å². The second-order valence-electron chi connectivity index (χ2n) is 3.63. The van der Waals surface area contributed by atoms with Crippen LogP contribution in [0.1, 0.15) is 16.3 Å². The number of amides is 1. The molecule has 0 fully saturated rings. The molecule has 18 heavy (non-hydrogen) atoms. The van der Waals surface area contributed by atoms with Gasteiger partial charge < -0.3 is 10.5 Å². The van der Waals surface area contributed by atoms with Crippen LogP contribution in [0.25, 0.3) is 0 Å². The minimum absolute atomic E-state index is 0.222. The molecule has 1 amide bonds. The Hall–Kier alpha value is -2.43. The van der Waals surface area contributed by atoms with Crippen molar-refractivity contribution in [2.24, 2.45) is 5.73 Å². The number of carbonyl (C=O) groups excluding carboxylic acids is 1. The summed E-state index contributed by atoms with van der Waals surface area (Å²) in [6.07, 6.45) is 2.04. The van der Waals surface area contributed by atoms with E-state index in [-0.39, 0.29) is 5.69 Å². The highest BCUT2D eigenvalue weighted by atomic mass is 16.5. The first-order valence-electron chi connectivity index (χ1n) is 5.55. The van der Waals surface area contributed by atoms with E-state index in [1.54, 1.807) is 0 Å². The predicted octanol–water partition coefficient (Wildman–Crippen LogP) is 1.20. The normalized spacial score (nSPS) is 10.0. The molecular weight excluding hydrogens is 230 g/mol. The van der Waals surface area contributed by atoms with Crippen molar-refractivity contribution in [1.29, 1.82) is 0 Å². The standard InChI is InChI=1S/C13H13N3O2/c14-13(17)11-6-8-15-12(16-11)7-9-18-10-4-2-1-3-5-10/h1-6,8H,7,9H2,(H2,14,17). The minimum atomic E-state index is -0.553. The quantitative estimate of drug-likeness (QED) is 0.855. The van der Waals surface area contributed by atoms with Crippen molar-refractivity contribution >= 4 is 5.91 Å². The van der Waals surface area contributed by atoms with E-state index >= 15 is 0 Å². The minimum Gasteiger partial charge on any atom is -0.493 e. The zero-order valence-electron chi connectivity index (χ0n) is 9.74. The lowest BCUT2D eigenvalue weighted by Crippen LogP contribution is -2.15. The molecule has 2 N–H and O–H groups in total. The Morgan fingerprint density at radius 2 is 2.00 bits per heavy atom. The second kappa shape index (κ2) is 5.77. The van der Waals surface area contributed by atoms with Gasteiger partial charge in [-0.15, -0.1) is 0 Å². The highest BCUT2D eigenvalue weighted by Gasteiger charge is 2.04. The monoisotopic (exact) mass is 243 g/mol. The lowest BCUT2D eigenvalue weighted by molar-refractivity contribution is 0.0995. The van der Waals surface area contributed by atoms with E-state index in [0.717, 1.165) is 5.75 Å².